The first-order chi connectivity index (χ1) is 13.5. The monoisotopic (exact) mass is 375 g/mol. The Morgan fingerprint density at radius 3 is 2.43 bits per heavy atom. The number of aromatic nitrogens is 2. The zero-order valence-corrected chi connectivity index (χ0v) is 17.2. The van der Waals surface area contributed by atoms with Gasteiger partial charge in [-0.15, -0.1) is 0 Å². The van der Waals surface area contributed by atoms with Crippen LogP contribution in [0.4, 0.5) is 17.5 Å². The molecule has 2 N–H and O–H groups in total. The lowest BCUT2D eigenvalue weighted by atomic mass is 10.1. The molecule has 5 nitrogen and oxygen atoms in total. The van der Waals surface area contributed by atoms with Crippen molar-refractivity contribution < 1.29 is 0 Å². The van der Waals surface area contributed by atoms with Gasteiger partial charge >= 0.3 is 0 Å². The Bertz CT molecular complexity index is 906. The fourth-order valence-electron chi connectivity index (χ4n) is 3.03. The highest BCUT2D eigenvalue weighted by Gasteiger charge is 2.08. The van der Waals surface area contributed by atoms with E-state index in [9.17, 15) is 0 Å². The van der Waals surface area contributed by atoms with Crippen molar-refractivity contribution in [1.82, 2.24) is 14.9 Å². The van der Waals surface area contributed by atoms with Crippen LogP contribution in [0.25, 0.3) is 11.3 Å². The second-order valence-electron chi connectivity index (χ2n) is 7.36. The van der Waals surface area contributed by atoms with E-state index in [1.807, 2.05) is 24.3 Å². The SMILES string of the molecule is Cc1ccc(Nc2cc(-c3ccccc3)nc(NCCCN(C)C)n2)c(C)c1. The van der Waals surface area contributed by atoms with Crippen LogP contribution >= 0.6 is 0 Å². The molecule has 5 heteroatoms. The summed E-state index contributed by atoms with van der Waals surface area (Å²) in [5.41, 5.74) is 5.48. The molecule has 146 valence electrons. The molecule has 0 amide bonds. The molecule has 0 fully saturated rings. The number of hydrogen-bond donors (Lipinski definition) is 2. The van der Waals surface area contributed by atoms with Crippen molar-refractivity contribution in [1.29, 1.82) is 0 Å². The molecule has 0 aliphatic heterocycles. The highest BCUT2D eigenvalue weighted by atomic mass is 15.1. The van der Waals surface area contributed by atoms with E-state index < -0.39 is 0 Å². The van der Waals surface area contributed by atoms with Crippen molar-refractivity contribution in [3.63, 3.8) is 0 Å². The summed E-state index contributed by atoms with van der Waals surface area (Å²) < 4.78 is 0. The van der Waals surface area contributed by atoms with E-state index in [1.54, 1.807) is 0 Å². The minimum atomic E-state index is 0.646. The van der Waals surface area contributed by atoms with E-state index in [0.29, 0.717) is 5.95 Å². The lowest BCUT2D eigenvalue weighted by Crippen LogP contribution is -2.17. The van der Waals surface area contributed by atoms with Gasteiger partial charge in [0.15, 0.2) is 0 Å². The first-order valence-electron chi connectivity index (χ1n) is 9.68. The Balaban J connectivity index is 1.86. The average molecular weight is 376 g/mol. The molecule has 0 saturated carbocycles. The molecule has 0 unspecified atom stereocenters. The molecular weight excluding hydrogens is 346 g/mol. The van der Waals surface area contributed by atoms with Crippen molar-refractivity contribution in [2.24, 2.45) is 0 Å². The van der Waals surface area contributed by atoms with Gasteiger partial charge < -0.3 is 15.5 Å². The lowest BCUT2D eigenvalue weighted by molar-refractivity contribution is 0.405. The quantitative estimate of drug-likeness (QED) is 0.550. The van der Waals surface area contributed by atoms with Crippen LogP contribution < -0.4 is 10.6 Å². The maximum Gasteiger partial charge on any atom is 0.225 e. The number of anilines is 3. The summed E-state index contributed by atoms with van der Waals surface area (Å²) >= 11 is 0. The van der Waals surface area contributed by atoms with Crippen molar-refractivity contribution in [3.05, 3.63) is 65.7 Å². The summed E-state index contributed by atoms with van der Waals surface area (Å²) in [6, 6.07) is 18.6. The smallest absolute Gasteiger partial charge is 0.225 e. The fraction of sp³-hybridized carbons (Fsp3) is 0.304. The third-order valence-electron chi connectivity index (χ3n) is 4.51. The Labute approximate surface area is 167 Å². The van der Waals surface area contributed by atoms with Crippen LogP contribution in [0.3, 0.4) is 0 Å². The molecule has 0 radical (unpaired) electrons. The van der Waals surface area contributed by atoms with Gasteiger partial charge in [0.1, 0.15) is 5.82 Å². The average Bonchev–Trinajstić information content (AvgIpc) is 2.68. The molecule has 28 heavy (non-hydrogen) atoms. The fourth-order valence-corrected chi connectivity index (χ4v) is 3.03. The highest BCUT2D eigenvalue weighted by molar-refractivity contribution is 5.68. The zero-order valence-electron chi connectivity index (χ0n) is 17.2. The minimum absolute atomic E-state index is 0.646. The molecule has 0 saturated heterocycles. The van der Waals surface area contributed by atoms with Gasteiger partial charge in [-0.3, -0.25) is 0 Å². The Morgan fingerprint density at radius 2 is 1.71 bits per heavy atom. The number of rotatable bonds is 8. The third-order valence-corrected chi connectivity index (χ3v) is 4.51. The van der Waals surface area contributed by atoms with E-state index in [2.05, 4.69) is 78.8 Å². The van der Waals surface area contributed by atoms with Gasteiger partial charge in [-0.2, -0.15) is 4.98 Å². The lowest BCUT2D eigenvalue weighted by Gasteiger charge is -2.14. The van der Waals surface area contributed by atoms with Crippen molar-refractivity contribution in [2.75, 3.05) is 37.8 Å². The molecule has 3 aromatic rings. The van der Waals surface area contributed by atoms with Crippen LogP contribution in [0.2, 0.25) is 0 Å². The van der Waals surface area contributed by atoms with Gasteiger partial charge in [-0.05, 0) is 52.5 Å². The van der Waals surface area contributed by atoms with Crippen LogP contribution in [-0.4, -0.2) is 42.1 Å². The number of nitrogens with one attached hydrogen (secondary N) is 2. The molecule has 0 aliphatic rings. The zero-order chi connectivity index (χ0) is 19.9. The second kappa shape index (κ2) is 9.33. The number of benzene rings is 2. The number of aryl methyl sites for hydroxylation is 2. The summed E-state index contributed by atoms with van der Waals surface area (Å²) in [5.74, 6) is 1.43. The third kappa shape index (κ3) is 5.54. The maximum absolute atomic E-state index is 4.72. The molecule has 1 heterocycles. The molecule has 2 aromatic carbocycles. The van der Waals surface area contributed by atoms with Crippen LogP contribution in [-0.2, 0) is 0 Å². The maximum atomic E-state index is 4.72. The van der Waals surface area contributed by atoms with Crippen molar-refractivity contribution in [3.8, 4) is 11.3 Å². The summed E-state index contributed by atoms with van der Waals surface area (Å²) in [6.45, 7) is 6.07. The van der Waals surface area contributed by atoms with E-state index in [4.69, 9.17) is 4.98 Å². The van der Waals surface area contributed by atoms with Crippen LogP contribution in [0, 0.1) is 13.8 Å². The van der Waals surface area contributed by atoms with E-state index in [1.165, 1.54) is 11.1 Å². The summed E-state index contributed by atoms with van der Waals surface area (Å²) in [6.07, 6.45) is 1.03. The number of nitrogens with zero attached hydrogens (tertiary/aromatic N) is 3. The number of hydrogen-bond acceptors (Lipinski definition) is 5. The predicted molar refractivity (Wildman–Crippen MR) is 118 cm³/mol. The summed E-state index contributed by atoms with van der Waals surface area (Å²) in [7, 11) is 4.16. The van der Waals surface area contributed by atoms with Crippen LogP contribution in [0.1, 0.15) is 17.5 Å². The van der Waals surface area contributed by atoms with Gasteiger partial charge in [0.25, 0.3) is 0 Å². The van der Waals surface area contributed by atoms with E-state index >= 15 is 0 Å². The Hall–Kier alpha value is -2.92. The van der Waals surface area contributed by atoms with Gasteiger partial charge in [0.2, 0.25) is 5.95 Å². The second-order valence-corrected chi connectivity index (χ2v) is 7.36. The topological polar surface area (TPSA) is 53.1 Å². The van der Waals surface area contributed by atoms with Gasteiger partial charge in [-0.1, -0.05) is 48.0 Å². The molecular formula is C23H29N5. The summed E-state index contributed by atoms with van der Waals surface area (Å²) in [4.78, 5) is 11.6. The van der Waals surface area contributed by atoms with Crippen LogP contribution in [0.15, 0.2) is 54.6 Å². The van der Waals surface area contributed by atoms with E-state index in [-0.39, 0.29) is 0 Å². The van der Waals surface area contributed by atoms with Gasteiger partial charge in [-0.25, -0.2) is 4.98 Å². The molecule has 0 atom stereocenters. The van der Waals surface area contributed by atoms with Crippen molar-refractivity contribution >= 4 is 17.5 Å². The highest BCUT2D eigenvalue weighted by Crippen LogP contribution is 2.25. The molecule has 1 aromatic heterocycles. The van der Waals surface area contributed by atoms with Gasteiger partial charge in [0, 0.05) is 23.9 Å². The van der Waals surface area contributed by atoms with Crippen LogP contribution in [0.5, 0.6) is 0 Å². The predicted octanol–water partition coefficient (Wildman–Crippen LogP) is 4.87. The van der Waals surface area contributed by atoms with E-state index in [0.717, 1.165) is 42.3 Å². The first kappa shape index (κ1) is 19.8. The van der Waals surface area contributed by atoms with Gasteiger partial charge in [0.05, 0.1) is 5.69 Å². The Kier molecular flexibility index (Phi) is 6.61. The Morgan fingerprint density at radius 1 is 0.929 bits per heavy atom. The molecule has 0 spiro atoms. The minimum Gasteiger partial charge on any atom is -0.354 e. The molecule has 0 bridgehead atoms. The molecule has 3 rings (SSSR count). The first-order valence-corrected chi connectivity index (χ1v) is 9.68. The molecule has 0 aliphatic carbocycles. The largest absolute Gasteiger partial charge is 0.354 e. The summed E-state index contributed by atoms with van der Waals surface area (Å²) in [5, 5.41) is 6.83. The normalized spacial score (nSPS) is 10.9. The standard InChI is InChI=1S/C23H29N5/c1-17-11-12-20(18(2)15-17)25-22-16-21(19-9-6-5-7-10-19)26-23(27-22)24-13-8-14-28(3)4/h5-7,9-12,15-16H,8,13-14H2,1-4H3,(H2,24,25,26,27). The van der Waals surface area contributed by atoms with Crippen molar-refractivity contribution in [2.45, 2.75) is 20.3 Å².